The fourth-order valence-corrected chi connectivity index (χ4v) is 4.76. The molecule has 4 rings (SSSR count). The van der Waals surface area contributed by atoms with Gasteiger partial charge in [0.1, 0.15) is 6.26 Å². The molecule has 0 saturated carbocycles. The highest BCUT2D eigenvalue weighted by Crippen LogP contribution is 2.31. The zero-order valence-electron chi connectivity index (χ0n) is 18.5. The Morgan fingerprint density at radius 2 is 1.88 bits per heavy atom. The summed E-state index contributed by atoms with van der Waals surface area (Å²) in [5.41, 5.74) is 0.824. The number of oxazole rings is 1. The van der Waals surface area contributed by atoms with Crippen LogP contribution in [0.5, 0.6) is 0 Å². The van der Waals surface area contributed by atoms with Crippen molar-refractivity contribution in [2.75, 3.05) is 4.72 Å². The van der Waals surface area contributed by atoms with Crippen molar-refractivity contribution in [1.29, 1.82) is 0 Å². The Morgan fingerprint density at radius 1 is 1.12 bits per heavy atom. The fourth-order valence-electron chi connectivity index (χ4n) is 3.50. The number of Topliss-reactive ketones (excluding diaryl/α,β-unsaturated/α-hetero) is 1. The van der Waals surface area contributed by atoms with Gasteiger partial charge in [0.25, 0.3) is 10.0 Å². The van der Waals surface area contributed by atoms with Crippen molar-refractivity contribution in [3.8, 4) is 0 Å². The van der Waals surface area contributed by atoms with Crippen molar-refractivity contribution in [3.63, 3.8) is 0 Å². The molecule has 34 heavy (non-hydrogen) atoms. The molecular weight excluding hydrogens is 474 g/mol. The number of nitrogens with one attached hydrogen (secondary N) is 1. The smallest absolute Gasteiger partial charge is 0.261 e. The molecule has 0 amide bonds. The van der Waals surface area contributed by atoms with Crippen LogP contribution < -0.4 is 4.72 Å². The number of carbonyl (C=O) groups excluding carboxylic acids is 1. The highest BCUT2D eigenvalue weighted by Gasteiger charge is 2.28. The van der Waals surface area contributed by atoms with Crippen LogP contribution >= 0.6 is 11.6 Å². The van der Waals surface area contributed by atoms with Gasteiger partial charge in [-0.2, -0.15) is 0 Å². The average molecular weight is 496 g/mol. The predicted molar refractivity (Wildman–Crippen MR) is 132 cm³/mol. The molecule has 1 N–H and O–H groups in total. The molecule has 0 bridgehead atoms. The molecule has 2 aromatic carbocycles. The Bertz CT molecular complexity index is 1400. The summed E-state index contributed by atoms with van der Waals surface area (Å²) in [7, 11) is -3.99. The zero-order valence-corrected chi connectivity index (χ0v) is 20.1. The maximum absolute atomic E-state index is 13.1. The van der Waals surface area contributed by atoms with Crippen LogP contribution in [0.25, 0.3) is 0 Å². The molecule has 2 heterocycles. The number of halogens is 1. The number of hydrogen-bond acceptors (Lipinski definition) is 6. The van der Waals surface area contributed by atoms with E-state index in [-0.39, 0.29) is 21.9 Å². The number of anilines is 1. The lowest BCUT2D eigenvalue weighted by atomic mass is 9.84. The van der Waals surface area contributed by atoms with Gasteiger partial charge in [0, 0.05) is 23.2 Å². The summed E-state index contributed by atoms with van der Waals surface area (Å²) in [5, 5.41) is 0.310. The van der Waals surface area contributed by atoms with E-state index in [0.29, 0.717) is 17.3 Å². The normalized spacial score (nSPS) is 13.9. The Kier molecular flexibility index (Phi) is 6.54. The molecule has 0 unspecified atom stereocenters. The zero-order chi connectivity index (χ0) is 24.3. The molecule has 0 atom stereocenters. The largest absolute Gasteiger partial charge is 0.448 e. The molecule has 0 saturated heterocycles. The molecule has 0 radical (unpaired) electrons. The van der Waals surface area contributed by atoms with E-state index in [0.717, 1.165) is 5.56 Å². The molecule has 1 aliphatic heterocycles. The maximum Gasteiger partial charge on any atom is 0.261 e. The van der Waals surface area contributed by atoms with Gasteiger partial charge in [-0.05, 0) is 55.8 Å². The number of carbonyl (C=O) groups is 1. The summed E-state index contributed by atoms with van der Waals surface area (Å²) in [6.45, 7) is 3.87. The first-order chi connectivity index (χ1) is 16.2. The van der Waals surface area contributed by atoms with Crippen molar-refractivity contribution in [3.05, 3.63) is 101 Å². The van der Waals surface area contributed by atoms with Gasteiger partial charge in [0.05, 0.1) is 27.9 Å². The molecule has 174 valence electrons. The number of benzene rings is 2. The van der Waals surface area contributed by atoms with E-state index in [1.807, 2.05) is 13.8 Å². The minimum absolute atomic E-state index is 0.0467. The number of nitrogens with zero attached hydrogens (tertiary/aromatic N) is 2. The van der Waals surface area contributed by atoms with Gasteiger partial charge < -0.3 is 4.42 Å². The highest BCUT2D eigenvalue weighted by molar-refractivity contribution is 7.92. The van der Waals surface area contributed by atoms with Crippen molar-refractivity contribution < 1.29 is 17.6 Å². The fraction of sp³-hybridized carbons (Fsp3) is 0.160. The van der Waals surface area contributed by atoms with E-state index >= 15 is 0 Å². The van der Waals surface area contributed by atoms with E-state index in [1.54, 1.807) is 36.6 Å². The van der Waals surface area contributed by atoms with E-state index < -0.39 is 21.2 Å². The van der Waals surface area contributed by atoms with Gasteiger partial charge in [-0.3, -0.25) is 14.5 Å². The number of ketones is 1. The van der Waals surface area contributed by atoms with Crippen molar-refractivity contribution in [1.82, 2.24) is 4.98 Å². The number of rotatable bonds is 7. The topological polar surface area (TPSA) is 102 Å². The van der Waals surface area contributed by atoms with Gasteiger partial charge in [-0.1, -0.05) is 35.9 Å². The second-order valence-corrected chi connectivity index (χ2v) is 10.3. The number of allylic oxidation sites excluding steroid dienone is 3. The molecule has 3 aromatic rings. The molecule has 0 aliphatic carbocycles. The lowest BCUT2D eigenvalue weighted by Crippen LogP contribution is -2.21. The summed E-state index contributed by atoms with van der Waals surface area (Å²) in [6.07, 6.45) is 10.2. The molecule has 9 heteroatoms. The first-order valence-corrected chi connectivity index (χ1v) is 12.3. The van der Waals surface area contributed by atoms with Gasteiger partial charge in [-0.25, -0.2) is 13.4 Å². The lowest BCUT2D eigenvalue weighted by Gasteiger charge is -2.21. The van der Waals surface area contributed by atoms with E-state index in [1.165, 1.54) is 42.8 Å². The third kappa shape index (κ3) is 4.88. The molecule has 1 aliphatic rings. The van der Waals surface area contributed by atoms with E-state index in [2.05, 4.69) is 14.7 Å². The minimum atomic E-state index is -3.99. The number of sulfonamides is 1. The quantitative estimate of drug-likeness (QED) is 0.433. The number of hydrogen-bond donors (Lipinski definition) is 1. The van der Waals surface area contributed by atoms with E-state index in [9.17, 15) is 13.2 Å². The van der Waals surface area contributed by atoms with Gasteiger partial charge in [0.2, 0.25) is 11.7 Å². The van der Waals surface area contributed by atoms with Gasteiger partial charge >= 0.3 is 0 Å². The summed E-state index contributed by atoms with van der Waals surface area (Å²) in [6, 6.07) is 10.9. The second-order valence-electron chi connectivity index (χ2n) is 8.16. The van der Waals surface area contributed by atoms with E-state index in [4.69, 9.17) is 16.0 Å². The van der Waals surface area contributed by atoms with Gasteiger partial charge in [-0.15, -0.1) is 0 Å². The van der Waals surface area contributed by atoms with Crippen LogP contribution in [0.1, 0.15) is 42.1 Å². The van der Waals surface area contributed by atoms with Crippen LogP contribution in [0, 0.1) is 0 Å². The third-order valence-corrected chi connectivity index (χ3v) is 7.08. The lowest BCUT2D eigenvalue weighted by molar-refractivity contribution is 0.106. The predicted octanol–water partition coefficient (Wildman–Crippen LogP) is 5.55. The van der Waals surface area contributed by atoms with Crippen molar-refractivity contribution >= 4 is 38.8 Å². The summed E-state index contributed by atoms with van der Waals surface area (Å²) >= 11 is 6.11. The standard InChI is InChI=1S/C25H22ClN3O4S/c1-25(2,24-28-14-15-33-24)17-7-10-19(11-8-17)34(31,32)29-21-12-9-18(26)16-20(21)23(30)22-6-4-3-5-13-27-22/h3-5,7-16,29H,6H2,1-2H3. The van der Waals surface area contributed by atoms with Crippen LogP contribution in [-0.2, 0) is 15.4 Å². The monoisotopic (exact) mass is 495 g/mol. The summed E-state index contributed by atoms with van der Waals surface area (Å²) in [5.74, 6) is 0.121. The number of aliphatic imine (C=N–C) groups is 1. The maximum atomic E-state index is 13.1. The van der Waals surface area contributed by atoms with Crippen molar-refractivity contribution in [2.24, 2.45) is 4.99 Å². The third-order valence-electron chi connectivity index (χ3n) is 5.46. The molecule has 0 spiro atoms. The molecular formula is C25H22ClN3O4S. The van der Waals surface area contributed by atoms with Crippen LogP contribution in [0.3, 0.4) is 0 Å². The first kappa shape index (κ1) is 23.7. The molecule has 0 fully saturated rings. The Morgan fingerprint density at radius 3 is 2.59 bits per heavy atom. The van der Waals surface area contributed by atoms with Crippen LogP contribution in [0.4, 0.5) is 5.69 Å². The summed E-state index contributed by atoms with van der Waals surface area (Å²) < 4.78 is 34.2. The minimum Gasteiger partial charge on any atom is -0.448 e. The highest BCUT2D eigenvalue weighted by atomic mass is 35.5. The first-order valence-electron chi connectivity index (χ1n) is 10.4. The van der Waals surface area contributed by atoms with Crippen molar-refractivity contribution in [2.45, 2.75) is 30.6 Å². The molecule has 1 aromatic heterocycles. The molecule has 7 nitrogen and oxygen atoms in total. The van der Waals surface area contributed by atoms with Crippen LogP contribution in [0.2, 0.25) is 5.02 Å². The van der Waals surface area contributed by atoms with Gasteiger partial charge in [0.15, 0.2) is 0 Å². The van der Waals surface area contributed by atoms with Crippen LogP contribution in [-0.4, -0.2) is 24.9 Å². The Hall–Kier alpha value is -3.49. The Balaban J connectivity index is 1.63. The Labute approximate surface area is 202 Å². The average Bonchev–Trinajstić information content (AvgIpc) is 3.24. The summed E-state index contributed by atoms with van der Waals surface area (Å²) in [4.78, 5) is 21.5. The SMILES string of the molecule is CC(C)(c1ccc(S(=O)(=O)Nc2ccc(Cl)cc2C(=O)C2=NC=CC=CC2)cc1)c1ncco1. The second kappa shape index (κ2) is 9.40. The number of aromatic nitrogens is 1. The van der Waals surface area contributed by atoms with Crippen LogP contribution in [0.15, 0.2) is 93.7 Å².